The second-order valence-corrected chi connectivity index (χ2v) is 7.38. The Hall–Kier alpha value is -1.51. The van der Waals surface area contributed by atoms with E-state index >= 15 is 0 Å². The van der Waals surface area contributed by atoms with Gasteiger partial charge in [0.1, 0.15) is 0 Å². The van der Waals surface area contributed by atoms with Gasteiger partial charge in [-0.15, -0.1) is 0 Å². The van der Waals surface area contributed by atoms with Crippen LogP contribution in [-0.4, -0.2) is 26.5 Å². The lowest BCUT2D eigenvalue weighted by atomic mass is 9.92. The van der Waals surface area contributed by atoms with Crippen molar-refractivity contribution in [3.63, 3.8) is 0 Å². The first-order valence-corrected chi connectivity index (χ1v) is 9.70. The van der Waals surface area contributed by atoms with E-state index in [-0.39, 0.29) is 0 Å². The van der Waals surface area contributed by atoms with Crippen LogP contribution in [-0.2, 0) is 12.8 Å². The second-order valence-electron chi connectivity index (χ2n) is 7.38. The number of aryl methyl sites for hydroxylation is 1. The minimum absolute atomic E-state index is 0.330. The summed E-state index contributed by atoms with van der Waals surface area (Å²) in [7, 11) is 3.43. The quantitative estimate of drug-likeness (QED) is 0.508. The molecule has 1 aromatic carbocycles. The molecule has 3 heteroatoms. The number of unbranched alkanes of at least 4 members (excludes halogenated alkanes) is 1. The van der Waals surface area contributed by atoms with Crippen LogP contribution in [0.4, 0.5) is 0 Å². The van der Waals surface area contributed by atoms with Crippen LogP contribution in [0.2, 0.25) is 0 Å². The summed E-state index contributed by atoms with van der Waals surface area (Å²) in [5.41, 5.74) is 3.73. The van der Waals surface area contributed by atoms with Gasteiger partial charge in [0.15, 0.2) is 11.5 Å². The molecule has 1 rings (SSSR count). The molecule has 1 aromatic rings. The lowest BCUT2D eigenvalue weighted by Gasteiger charge is -2.22. The minimum Gasteiger partial charge on any atom is -0.493 e. The third-order valence-corrected chi connectivity index (χ3v) is 4.79. The Morgan fingerprint density at radius 2 is 1.68 bits per heavy atom. The number of rotatable bonds is 10. The van der Waals surface area contributed by atoms with Crippen molar-refractivity contribution in [3.8, 4) is 11.5 Å². The number of hydrogen-bond acceptors (Lipinski definition) is 3. The van der Waals surface area contributed by atoms with Crippen LogP contribution in [0.25, 0.3) is 0 Å². The zero-order valence-electron chi connectivity index (χ0n) is 17.5. The Kier molecular flexibility index (Phi) is 9.02. The molecule has 0 aliphatic carbocycles. The van der Waals surface area contributed by atoms with Crippen molar-refractivity contribution in [1.82, 2.24) is 0 Å². The summed E-state index contributed by atoms with van der Waals surface area (Å²) in [4.78, 5) is 4.98. The number of hydrogen-bond donors (Lipinski definition) is 0. The monoisotopic (exact) mass is 347 g/mol. The molecule has 0 N–H and O–H groups in total. The third kappa shape index (κ3) is 5.49. The van der Waals surface area contributed by atoms with Crippen molar-refractivity contribution in [2.24, 2.45) is 16.8 Å². The molecule has 0 spiro atoms. The maximum Gasteiger partial charge on any atom is 0.164 e. The van der Waals surface area contributed by atoms with E-state index in [2.05, 4.69) is 53.8 Å². The smallest absolute Gasteiger partial charge is 0.164 e. The van der Waals surface area contributed by atoms with Gasteiger partial charge < -0.3 is 9.47 Å². The summed E-state index contributed by atoms with van der Waals surface area (Å²) >= 11 is 0. The number of aliphatic imine (C=N–C) groups is 1. The van der Waals surface area contributed by atoms with Gasteiger partial charge in [-0.2, -0.15) is 0 Å². The summed E-state index contributed by atoms with van der Waals surface area (Å²) in [6, 6.07) is 2.46. The first-order chi connectivity index (χ1) is 11.9. The molecule has 0 radical (unpaired) electrons. The molecule has 25 heavy (non-hydrogen) atoms. The number of methoxy groups -OCH3 is 2. The largest absolute Gasteiger partial charge is 0.493 e. The van der Waals surface area contributed by atoms with Gasteiger partial charge in [0.2, 0.25) is 0 Å². The van der Waals surface area contributed by atoms with Crippen molar-refractivity contribution in [1.29, 1.82) is 0 Å². The molecule has 0 amide bonds. The van der Waals surface area contributed by atoms with Crippen LogP contribution < -0.4 is 9.47 Å². The highest BCUT2D eigenvalue weighted by molar-refractivity contribution is 5.86. The minimum atomic E-state index is 0.330. The molecule has 0 aromatic heterocycles. The van der Waals surface area contributed by atoms with Crippen LogP contribution in [0.5, 0.6) is 11.5 Å². The Morgan fingerprint density at radius 3 is 2.12 bits per heavy atom. The average Bonchev–Trinajstić information content (AvgIpc) is 2.58. The molecule has 0 saturated carbocycles. The van der Waals surface area contributed by atoms with E-state index in [9.17, 15) is 0 Å². The van der Waals surface area contributed by atoms with Crippen LogP contribution in [0.15, 0.2) is 11.1 Å². The van der Waals surface area contributed by atoms with Gasteiger partial charge in [-0.3, -0.25) is 4.99 Å². The number of benzene rings is 1. The van der Waals surface area contributed by atoms with Crippen molar-refractivity contribution in [3.05, 3.63) is 22.8 Å². The van der Waals surface area contributed by atoms with Crippen LogP contribution >= 0.6 is 0 Å². The highest BCUT2D eigenvalue weighted by Gasteiger charge is 2.19. The molecule has 0 bridgehead atoms. The van der Waals surface area contributed by atoms with Crippen molar-refractivity contribution >= 4 is 6.21 Å². The first kappa shape index (κ1) is 21.5. The van der Waals surface area contributed by atoms with E-state index in [0.29, 0.717) is 17.9 Å². The van der Waals surface area contributed by atoms with Gasteiger partial charge in [0.05, 0.1) is 20.3 Å². The Morgan fingerprint density at radius 1 is 1.04 bits per heavy atom. The first-order valence-electron chi connectivity index (χ1n) is 9.70. The molecule has 0 saturated heterocycles. The van der Waals surface area contributed by atoms with Gasteiger partial charge in [0.25, 0.3) is 0 Å². The molecular weight excluding hydrogens is 310 g/mol. The second kappa shape index (κ2) is 10.5. The fourth-order valence-corrected chi connectivity index (χ4v) is 3.50. The summed E-state index contributed by atoms with van der Waals surface area (Å²) in [5.74, 6) is 2.73. The predicted octanol–water partition coefficient (Wildman–Crippen LogP) is 5.71. The highest BCUT2D eigenvalue weighted by Crippen LogP contribution is 2.36. The van der Waals surface area contributed by atoms with Crippen LogP contribution in [0.1, 0.15) is 71.1 Å². The van der Waals surface area contributed by atoms with Gasteiger partial charge in [-0.05, 0) is 42.7 Å². The van der Waals surface area contributed by atoms with E-state index in [1.807, 2.05) is 0 Å². The summed E-state index contributed by atoms with van der Waals surface area (Å²) in [6.07, 6.45) is 6.37. The summed E-state index contributed by atoms with van der Waals surface area (Å²) in [6.45, 7) is 13.4. The molecule has 0 fully saturated rings. The number of ether oxygens (including phenoxy) is 2. The van der Waals surface area contributed by atoms with Gasteiger partial charge in [-0.25, -0.2) is 0 Å². The Labute approximate surface area is 154 Å². The molecule has 0 atom stereocenters. The SMILES string of the molecule is CCCCc1cc(OC)c(OC)c(CC)c1C=NC(C(C)C)C(C)C. The Balaban J connectivity index is 3.47. The fourth-order valence-electron chi connectivity index (χ4n) is 3.50. The van der Waals surface area contributed by atoms with Crippen molar-refractivity contribution < 1.29 is 9.47 Å². The lowest BCUT2D eigenvalue weighted by Crippen LogP contribution is -2.20. The molecular formula is C22H37NO2. The molecule has 142 valence electrons. The van der Waals surface area contributed by atoms with Crippen LogP contribution in [0.3, 0.4) is 0 Å². The van der Waals surface area contributed by atoms with E-state index in [1.165, 1.54) is 23.1 Å². The zero-order valence-corrected chi connectivity index (χ0v) is 17.5. The molecule has 0 unspecified atom stereocenters. The zero-order chi connectivity index (χ0) is 19.0. The van der Waals surface area contributed by atoms with E-state index in [1.54, 1.807) is 14.2 Å². The van der Waals surface area contributed by atoms with Crippen molar-refractivity contribution in [2.75, 3.05) is 14.2 Å². The Bertz CT molecular complexity index is 554. The van der Waals surface area contributed by atoms with E-state index in [4.69, 9.17) is 14.5 Å². The van der Waals surface area contributed by atoms with E-state index < -0.39 is 0 Å². The highest BCUT2D eigenvalue weighted by atomic mass is 16.5. The normalized spacial score (nSPS) is 12.0. The van der Waals surface area contributed by atoms with Gasteiger partial charge in [0, 0.05) is 17.3 Å². The van der Waals surface area contributed by atoms with Crippen LogP contribution in [0, 0.1) is 11.8 Å². The average molecular weight is 348 g/mol. The topological polar surface area (TPSA) is 30.8 Å². The van der Waals surface area contributed by atoms with Gasteiger partial charge >= 0.3 is 0 Å². The third-order valence-electron chi connectivity index (χ3n) is 4.79. The lowest BCUT2D eigenvalue weighted by molar-refractivity contribution is 0.351. The predicted molar refractivity (Wildman–Crippen MR) is 109 cm³/mol. The van der Waals surface area contributed by atoms with Crippen molar-refractivity contribution in [2.45, 2.75) is 73.3 Å². The molecule has 0 aliphatic rings. The maximum atomic E-state index is 5.67. The standard InChI is InChI=1S/C22H37NO2/c1-9-11-12-17-13-20(24-7)22(25-8)18(10-2)19(17)14-23-21(15(3)4)16(5)6/h13-16,21H,9-12H2,1-8H3. The van der Waals surface area contributed by atoms with Gasteiger partial charge in [-0.1, -0.05) is 48.0 Å². The fraction of sp³-hybridized carbons (Fsp3) is 0.682. The summed E-state index contributed by atoms with van der Waals surface area (Å²) in [5, 5.41) is 0. The summed E-state index contributed by atoms with van der Waals surface area (Å²) < 4.78 is 11.3. The number of nitrogens with zero attached hydrogens (tertiary/aromatic N) is 1. The molecule has 0 heterocycles. The van der Waals surface area contributed by atoms with E-state index in [0.717, 1.165) is 30.8 Å². The maximum absolute atomic E-state index is 5.67. The molecule has 0 aliphatic heterocycles. The molecule has 3 nitrogen and oxygen atoms in total.